The summed E-state index contributed by atoms with van der Waals surface area (Å²) in [5.74, 6) is -1.19. The Morgan fingerprint density at radius 1 is 0.800 bits per heavy atom. The summed E-state index contributed by atoms with van der Waals surface area (Å²) < 4.78 is 30.0. The van der Waals surface area contributed by atoms with E-state index >= 15 is 0 Å². The highest BCUT2D eigenvalue weighted by molar-refractivity contribution is 5.97. The fourth-order valence-electron chi connectivity index (χ4n) is 3.00. The van der Waals surface area contributed by atoms with Crippen LogP contribution in [0.3, 0.4) is 0 Å². The molecule has 0 unspecified atom stereocenters. The Kier molecular flexibility index (Phi) is 3.42. The van der Waals surface area contributed by atoms with Crippen LogP contribution in [0, 0.1) is 11.6 Å². The Hall–Kier alpha value is -3.34. The Bertz CT molecular complexity index is 1090. The van der Waals surface area contributed by atoms with Crippen LogP contribution in [-0.4, -0.2) is 14.8 Å². The summed E-state index contributed by atoms with van der Waals surface area (Å²) in [7, 11) is 0. The molecule has 0 bridgehead atoms. The maximum absolute atomic E-state index is 14.5. The average Bonchev–Trinajstić information content (AvgIpc) is 2.95. The van der Waals surface area contributed by atoms with Gasteiger partial charge in [-0.1, -0.05) is 18.2 Å². The first-order chi connectivity index (χ1) is 12.0. The second kappa shape index (κ2) is 5.63. The second-order valence-electron chi connectivity index (χ2n) is 5.76. The fourth-order valence-corrected chi connectivity index (χ4v) is 3.00. The summed E-state index contributed by atoms with van der Waals surface area (Å²) in [4.78, 5) is 0. The van der Waals surface area contributed by atoms with Gasteiger partial charge in [0, 0.05) is 35.0 Å². The van der Waals surface area contributed by atoms with Gasteiger partial charge in [0.2, 0.25) is 0 Å². The molecule has 0 saturated carbocycles. The van der Waals surface area contributed by atoms with E-state index < -0.39 is 11.6 Å². The first-order valence-corrected chi connectivity index (χ1v) is 7.62. The first kappa shape index (κ1) is 15.2. The highest BCUT2D eigenvalue weighted by atomic mass is 19.1. The van der Waals surface area contributed by atoms with E-state index in [9.17, 15) is 19.0 Å². The summed E-state index contributed by atoms with van der Waals surface area (Å²) >= 11 is 0. The van der Waals surface area contributed by atoms with Crippen molar-refractivity contribution in [3.8, 4) is 28.3 Å². The number of hydrogen-bond acceptors (Lipinski definition) is 2. The summed E-state index contributed by atoms with van der Waals surface area (Å²) in [6, 6.07) is 14.9. The molecule has 0 saturated heterocycles. The van der Waals surface area contributed by atoms with E-state index in [2.05, 4.69) is 0 Å². The van der Waals surface area contributed by atoms with E-state index in [1.54, 1.807) is 35.0 Å². The lowest BCUT2D eigenvalue weighted by Crippen LogP contribution is -1.92. The molecule has 0 atom stereocenters. The van der Waals surface area contributed by atoms with Gasteiger partial charge in [0.1, 0.15) is 23.1 Å². The van der Waals surface area contributed by atoms with E-state index in [0.717, 1.165) is 6.07 Å². The third-order valence-corrected chi connectivity index (χ3v) is 4.11. The summed E-state index contributed by atoms with van der Waals surface area (Å²) in [5, 5.41) is 19.5. The highest BCUT2D eigenvalue weighted by Crippen LogP contribution is 2.36. The van der Waals surface area contributed by atoms with Crippen LogP contribution in [0.4, 0.5) is 8.78 Å². The fraction of sp³-hybridized carbons (Fsp3) is 0. The first-order valence-electron chi connectivity index (χ1n) is 7.62. The Morgan fingerprint density at radius 2 is 1.56 bits per heavy atom. The molecule has 0 aliphatic heterocycles. The zero-order valence-corrected chi connectivity index (χ0v) is 12.9. The number of aromatic hydroxyl groups is 2. The number of fused-ring (bicyclic) bond motifs is 1. The Morgan fingerprint density at radius 3 is 2.28 bits per heavy atom. The number of halogens is 2. The molecule has 0 aliphatic rings. The smallest absolute Gasteiger partial charge is 0.136 e. The lowest BCUT2D eigenvalue weighted by molar-refractivity contribution is 0.474. The molecule has 25 heavy (non-hydrogen) atoms. The van der Waals surface area contributed by atoms with Gasteiger partial charge in [-0.15, -0.1) is 0 Å². The van der Waals surface area contributed by atoms with Crippen molar-refractivity contribution >= 4 is 10.9 Å². The predicted molar refractivity (Wildman–Crippen MR) is 92.0 cm³/mol. The minimum Gasteiger partial charge on any atom is -0.508 e. The molecule has 0 spiro atoms. The quantitative estimate of drug-likeness (QED) is 0.541. The van der Waals surface area contributed by atoms with Gasteiger partial charge in [-0.3, -0.25) is 0 Å². The Labute approximate surface area is 142 Å². The van der Waals surface area contributed by atoms with Crippen molar-refractivity contribution in [3.63, 3.8) is 0 Å². The Balaban J connectivity index is 2.06. The number of aromatic nitrogens is 1. The minimum atomic E-state index is -0.679. The number of phenols is 2. The molecule has 0 radical (unpaired) electrons. The van der Waals surface area contributed by atoms with Crippen LogP contribution in [-0.2, 0) is 0 Å². The van der Waals surface area contributed by atoms with E-state index in [1.807, 2.05) is 0 Å². The number of nitrogens with zero attached hydrogens (tertiary/aromatic N) is 1. The molecule has 4 aromatic rings. The molecule has 2 N–H and O–H groups in total. The van der Waals surface area contributed by atoms with Crippen LogP contribution in [0.25, 0.3) is 27.7 Å². The SMILES string of the molecule is Oc1ccc(-c2cn(-c3cccc(O)c3)c3cc(F)cc(F)c23)cc1. The number of benzene rings is 3. The van der Waals surface area contributed by atoms with Gasteiger partial charge in [0.25, 0.3) is 0 Å². The standard InChI is InChI=1S/C20H13F2NO2/c21-13-8-18(22)20-17(12-4-6-15(24)7-5-12)11-23(19(20)9-13)14-2-1-3-16(25)10-14/h1-11,24-25H. The molecule has 1 heterocycles. The summed E-state index contributed by atoms with van der Waals surface area (Å²) in [5.41, 5.74) is 2.19. The van der Waals surface area contributed by atoms with Crippen molar-refractivity contribution in [2.75, 3.05) is 0 Å². The van der Waals surface area contributed by atoms with Crippen LogP contribution in [0.5, 0.6) is 11.5 Å². The van der Waals surface area contributed by atoms with E-state index in [0.29, 0.717) is 22.3 Å². The van der Waals surface area contributed by atoms with Crippen LogP contribution >= 0.6 is 0 Å². The molecule has 4 rings (SSSR count). The monoisotopic (exact) mass is 337 g/mol. The van der Waals surface area contributed by atoms with Gasteiger partial charge in [-0.2, -0.15) is 0 Å². The summed E-state index contributed by atoms with van der Waals surface area (Å²) in [6.07, 6.45) is 1.69. The lowest BCUT2D eigenvalue weighted by Gasteiger charge is -2.06. The van der Waals surface area contributed by atoms with Gasteiger partial charge in [-0.05, 0) is 35.9 Å². The van der Waals surface area contributed by atoms with E-state index in [-0.39, 0.29) is 16.9 Å². The van der Waals surface area contributed by atoms with Gasteiger partial charge in [0.05, 0.1) is 5.52 Å². The molecule has 3 aromatic carbocycles. The van der Waals surface area contributed by atoms with Gasteiger partial charge >= 0.3 is 0 Å². The van der Waals surface area contributed by atoms with Crippen LogP contribution in [0.1, 0.15) is 0 Å². The van der Waals surface area contributed by atoms with Crippen molar-refractivity contribution in [1.82, 2.24) is 4.57 Å². The zero-order valence-electron chi connectivity index (χ0n) is 12.9. The van der Waals surface area contributed by atoms with Crippen LogP contribution in [0.2, 0.25) is 0 Å². The summed E-state index contributed by atoms with van der Waals surface area (Å²) in [6.45, 7) is 0. The molecule has 5 heteroatoms. The van der Waals surface area contributed by atoms with Crippen molar-refractivity contribution in [3.05, 3.63) is 78.5 Å². The molecular formula is C20H13F2NO2. The van der Waals surface area contributed by atoms with Crippen molar-refractivity contribution in [2.24, 2.45) is 0 Å². The second-order valence-corrected chi connectivity index (χ2v) is 5.76. The molecule has 124 valence electrons. The zero-order chi connectivity index (χ0) is 17.6. The van der Waals surface area contributed by atoms with Crippen molar-refractivity contribution < 1.29 is 19.0 Å². The van der Waals surface area contributed by atoms with Gasteiger partial charge in [-0.25, -0.2) is 8.78 Å². The largest absolute Gasteiger partial charge is 0.508 e. The molecule has 1 aromatic heterocycles. The highest BCUT2D eigenvalue weighted by Gasteiger charge is 2.17. The molecule has 0 aliphatic carbocycles. The molecule has 3 nitrogen and oxygen atoms in total. The van der Waals surface area contributed by atoms with Crippen molar-refractivity contribution in [2.45, 2.75) is 0 Å². The van der Waals surface area contributed by atoms with E-state index in [1.165, 1.54) is 30.3 Å². The van der Waals surface area contributed by atoms with Crippen molar-refractivity contribution in [1.29, 1.82) is 0 Å². The van der Waals surface area contributed by atoms with Gasteiger partial charge < -0.3 is 14.8 Å². The third kappa shape index (κ3) is 2.59. The average molecular weight is 337 g/mol. The predicted octanol–water partition coefficient (Wildman–Crippen LogP) is 4.99. The maximum Gasteiger partial charge on any atom is 0.136 e. The van der Waals surface area contributed by atoms with Crippen LogP contribution in [0.15, 0.2) is 66.9 Å². The maximum atomic E-state index is 14.5. The molecular weight excluding hydrogens is 324 g/mol. The number of hydrogen-bond donors (Lipinski definition) is 2. The lowest BCUT2D eigenvalue weighted by atomic mass is 10.0. The topological polar surface area (TPSA) is 45.4 Å². The normalized spacial score (nSPS) is 11.1. The molecule has 0 fully saturated rings. The van der Waals surface area contributed by atoms with E-state index in [4.69, 9.17) is 0 Å². The van der Waals surface area contributed by atoms with Gasteiger partial charge in [0.15, 0.2) is 0 Å². The number of rotatable bonds is 2. The number of phenolic OH excluding ortho intramolecular Hbond substituents is 2. The minimum absolute atomic E-state index is 0.0578. The third-order valence-electron chi connectivity index (χ3n) is 4.11. The molecule has 0 amide bonds. The van der Waals surface area contributed by atoms with Crippen LogP contribution < -0.4 is 0 Å².